The van der Waals surface area contributed by atoms with E-state index in [1.165, 1.54) is 25.7 Å². The molecule has 1 saturated heterocycles. The summed E-state index contributed by atoms with van der Waals surface area (Å²) in [6.07, 6.45) is 6.59. The van der Waals surface area contributed by atoms with Gasteiger partial charge in [0.25, 0.3) is 0 Å². The topological polar surface area (TPSA) is 108 Å². The first-order chi connectivity index (χ1) is 17.4. The molecule has 2 aromatic heterocycles. The van der Waals surface area contributed by atoms with Gasteiger partial charge < -0.3 is 20.9 Å². The maximum absolute atomic E-state index is 12.1. The molecule has 0 spiro atoms. The third kappa shape index (κ3) is 5.86. The number of thiazole rings is 1. The van der Waals surface area contributed by atoms with Crippen LogP contribution in [0, 0.1) is 17.3 Å². The Morgan fingerprint density at radius 3 is 2.72 bits per heavy atom. The summed E-state index contributed by atoms with van der Waals surface area (Å²) in [4.78, 5) is 32.9. The summed E-state index contributed by atoms with van der Waals surface area (Å²) in [6.45, 7) is 7.07. The van der Waals surface area contributed by atoms with Crippen LogP contribution in [0.3, 0.4) is 0 Å². The number of carbonyl (C=O) groups excluding carboxylic acids is 1. The minimum atomic E-state index is 0.0454. The lowest BCUT2D eigenvalue weighted by Gasteiger charge is -2.35. The Bertz CT molecular complexity index is 1200. The Labute approximate surface area is 216 Å². The van der Waals surface area contributed by atoms with Crippen LogP contribution in [0.25, 0.3) is 10.2 Å². The fraction of sp³-hybridized carbons (Fsp3) is 0.577. The van der Waals surface area contributed by atoms with E-state index in [4.69, 9.17) is 15.0 Å². The van der Waals surface area contributed by atoms with Gasteiger partial charge in [0, 0.05) is 38.3 Å². The van der Waals surface area contributed by atoms with Gasteiger partial charge in [0.15, 0.2) is 0 Å². The Hall–Kier alpha value is -3.01. The predicted octanol–water partition coefficient (Wildman–Crippen LogP) is 4.82. The fourth-order valence-electron chi connectivity index (χ4n) is 5.51. The number of amides is 1. The normalized spacial score (nSPS) is 20.3. The number of hydrogen-bond acceptors (Lipinski definition) is 9. The van der Waals surface area contributed by atoms with Crippen molar-refractivity contribution < 1.29 is 4.79 Å². The van der Waals surface area contributed by atoms with Crippen LogP contribution in [-0.2, 0) is 4.79 Å². The van der Waals surface area contributed by atoms with Gasteiger partial charge in [-0.05, 0) is 61.6 Å². The highest BCUT2D eigenvalue weighted by atomic mass is 32.1. The van der Waals surface area contributed by atoms with E-state index in [0.717, 1.165) is 48.4 Å². The lowest BCUT2D eigenvalue weighted by molar-refractivity contribution is -0.125. The van der Waals surface area contributed by atoms with E-state index >= 15 is 0 Å². The molecule has 3 heterocycles. The minimum Gasteiger partial charge on any atom is -0.359 e. The van der Waals surface area contributed by atoms with E-state index in [2.05, 4.69) is 45.7 Å². The molecule has 2 fully saturated rings. The van der Waals surface area contributed by atoms with Crippen molar-refractivity contribution in [3.8, 4) is 0 Å². The molecule has 1 aliphatic heterocycles. The lowest BCUT2D eigenvalue weighted by Crippen LogP contribution is -2.40. The molecule has 3 N–H and O–H groups in total. The molecule has 0 unspecified atom stereocenters. The number of nitrogens with one attached hydrogen (secondary N) is 3. The number of benzene rings is 1. The molecule has 192 valence electrons. The number of rotatable bonds is 7. The van der Waals surface area contributed by atoms with Crippen LogP contribution in [0.15, 0.2) is 23.7 Å². The quantitative estimate of drug-likeness (QED) is 0.417. The van der Waals surface area contributed by atoms with Crippen LogP contribution in [0.2, 0.25) is 0 Å². The number of piperidine rings is 1. The highest BCUT2D eigenvalue weighted by molar-refractivity contribution is 7.16. The molecule has 1 aromatic carbocycles. The van der Waals surface area contributed by atoms with Crippen molar-refractivity contribution in [3.63, 3.8) is 0 Å². The maximum atomic E-state index is 12.1. The SMILES string of the molecule is CNC(=O)C1CCN(c2nc(NC[C@@H]3CCCC(C)(C)C3)nc(Nc3ccc4ncsc4c3)n2)CC1. The monoisotopic (exact) mass is 508 g/mol. The second kappa shape index (κ2) is 10.5. The molecule has 2 aliphatic rings. The zero-order chi connectivity index (χ0) is 25.1. The van der Waals surface area contributed by atoms with Crippen molar-refractivity contribution in [2.75, 3.05) is 42.2 Å². The molecule has 1 amide bonds. The molecule has 1 aliphatic carbocycles. The van der Waals surface area contributed by atoms with Crippen LogP contribution in [0.4, 0.5) is 23.5 Å². The van der Waals surface area contributed by atoms with E-state index in [9.17, 15) is 4.79 Å². The van der Waals surface area contributed by atoms with E-state index in [1.54, 1.807) is 18.4 Å². The van der Waals surface area contributed by atoms with Crippen molar-refractivity contribution in [3.05, 3.63) is 23.7 Å². The summed E-state index contributed by atoms with van der Waals surface area (Å²) >= 11 is 1.61. The van der Waals surface area contributed by atoms with Crippen LogP contribution in [-0.4, -0.2) is 52.5 Å². The van der Waals surface area contributed by atoms with Crippen LogP contribution >= 0.6 is 11.3 Å². The molecular formula is C26H36N8OS. The highest BCUT2D eigenvalue weighted by Gasteiger charge is 2.29. The summed E-state index contributed by atoms with van der Waals surface area (Å²) in [5, 5.41) is 9.67. The average Bonchev–Trinajstić information content (AvgIpc) is 3.34. The Kier molecular flexibility index (Phi) is 7.22. The largest absolute Gasteiger partial charge is 0.359 e. The molecule has 36 heavy (non-hydrogen) atoms. The van der Waals surface area contributed by atoms with Crippen molar-refractivity contribution in [1.29, 1.82) is 0 Å². The predicted molar refractivity (Wildman–Crippen MR) is 146 cm³/mol. The molecule has 0 bridgehead atoms. The molecule has 5 rings (SSSR count). The lowest BCUT2D eigenvalue weighted by atomic mass is 9.72. The van der Waals surface area contributed by atoms with Gasteiger partial charge >= 0.3 is 0 Å². The molecule has 1 saturated carbocycles. The van der Waals surface area contributed by atoms with Gasteiger partial charge in [0.05, 0.1) is 15.7 Å². The molecular weight excluding hydrogens is 472 g/mol. The summed E-state index contributed by atoms with van der Waals surface area (Å²) < 4.78 is 1.11. The van der Waals surface area contributed by atoms with Crippen LogP contribution in [0.5, 0.6) is 0 Å². The molecule has 0 radical (unpaired) electrons. The maximum Gasteiger partial charge on any atom is 0.233 e. The van der Waals surface area contributed by atoms with Crippen LogP contribution in [0.1, 0.15) is 52.4 Å². The number of carbonyl (C=O) groups is 1. The molecule has 1 atom stereocenters. The average molecular weight is 509 g/mol. The fourth-order valence-corrected chi connectivity index (χ4v) is 6.23. The third-order valence-electron chi connectivity index (χ3n) is 7.46. The van der Waals surface area contributed by atoms with Crippen molar-refractivity contribution in [2.24, 2.45) is 17.3 Å². The highest BCUT2D eigenvalue weighted by Crippen LogP contribution is 2.38. The van der Waals surface area contributed by atoms with Gasteiger partial charge in [-0.1, -0.05) is 20.3 Å². The van der Waals surface area contributed by atoms with Gasteiger partial charge in [0.2, 0.25) is 23.8 Å². The first-order valence-electron chi connectivity index (χ1n) is 13.0. The number of fused-ring (bicyclic) bond motifs is 1. The van der Waals surface area contributed by atoms with E-state index in [0.29, 0.717) is 29.2 Å². The molecule has 3 aromatic rings. The smallest absolute Gasteiger partial charge is 0.233 e. The Morgan fingerprint density at radius 1 is 1.14 bits per heavy atom. The second-order valence-corrected chi connectivity index (χ2v) is 11.7. The van der Waals surface area contributed by atoms with Gasteiger partial charge in [-0.2, -0.15) is 15.0 Å². The van der Waals surface area contributed by atoms with Gasteiger partial charge in [-0.3, -0.25) is 4.79 Å². The van der Waals surface area contributed by atoms with E-state index in [-0.39, 0.29) is 11.8 Å². The zero-order valence-electron chi connectivity index (χ0n) is 21.4. The Balaban J connectivity index is 1.35. The van der Waals surface area contributed by atoms with Gasteiger partial charge in [-0.15, -0.1) is 11.3 Å². The Morgan fingerprint density at radius 2 is 1.94 bits per heavy atom. The van der Waals surface area contributed by atoms with E-state index < -0.39 is 0 Å². The number of nitrogens with zero attached hydrogens (tertiary/aromatic N) is 5. The number of aromatic nitrogens is 4. The van der Waals surface area contributed by atoms with Crippen molar-refractivity contribution >= 4 is 51.0 Å². The number of anilines is 4. The molecule has 9 nitrogen and oxygen atoms in total. The van der Waals surface area contributed by atoms with Crippen molar-refractivity contribution in [2.45, 2.75) is 52.4 Å². The zero-order valence-corrected chi connectivity index (χ0v) is 22.2. The number of hydrogen-bond donors (Lipinski definition) is 3. The van der Waals surface area contributed by atoms with Crippen molar-refractivity contribution in [1.82, 2.24) is 25.3 Å². The van der Waals surface area contributed by atoms with Crippen LogP contribution < -0.4 is 20.9 Å². The summed E-state index contributed by atoms with van der Waals surface area (Å²) in [5.41, 5.74) is 4.15. The first-order valence-corrected chi connectivity index (χ1v) is 13.8. The van der Waals surface area contributed by atoms with Gasteiger partial charge in [-0.25, -0.2) is 4.98 Å². The van der Waals surface area contributed by atoms with Gasteiger partial charge in [0.1, 0.15) is 0 Å². The third-order valence-corrected chi connectivity index (χ3v) is 8.25. The summed E-state index contributed by atoms with van der Waals surface area (Å²) in [5.74, 6) is 2.53. The van der Waals surface area contributed by atoms with E-state index in [1.807, 2.05) is 17.6 Å². The summed E-state index contributed by atoms with van der Waals surface area (Å²) in [7, 11) is 1.70. The second-order valence-electron chi connectivity index (χ2n) is 10.8. The molecule has 10 heteroatoms. The minimum absolute atomic E-state index is 0.0454. The summed E-state index contributed by atoms with van der Waals surface area (Å²) in [6, 6.07) is 6.07. The standard InChI is InChI=1S/C26H36N8OS/c1-26(2)10-4-5-17(14-26)15-28-23-31-24(30-19-6-7-20-21(13-19)36-16-29-20)33-25(32-23)34-11-8-18(9-12-34)22(35)27-3/h6-7,13,16-18H,4-5,8-12,14-15H2,1-3H3,(H,27,35)(H2,28,30,31,32,33)/t17-/m1/s1. The first kappa shape index (κ1) is 24.7.